The van der Waals surface area contributed by atoms with Gasteiger partial charge in [-0.25, -0.2) is 0 Å². The molecule has 1 aromatic heterocycles. The third-order valence-electron chi connectivity index (χ3n) is 3.84. The zero-order valence-electron chi connectivity index (χ0n) is 13.8. The Balaban J connectivity index is 1.42. The van der Waals surface area contributed by atoms with Gasteiger partial charge in [0.15, 0.2) is 0 Å². The summed E-state index contributed by atoms with van der Waals surface area (Å²) in [4.78, 5) is 0. The molecule has 27 heavy (non-hydrogen) atoms. The molecule has 0 atom stereocenters. The Labute approximate surface area is 156 Å². The molecule has 9 heteroatoms. The summed E-state index contributed by atoms with van der Waals surface area (Å²) >= 11 is 1.24. The highest BCUT2D eigenvalue weighted by molar-refractivity contribution is 7.98. The second-order valence-corrected chi connectivity index (χ2v) is 6.70. The minimum Gasteiger partial charge on any atom is -0.493 e. The Kier molecular flexibility index (Phi) is 4.69. The molecular weight excluding hydrogens is 381 g/mol. The van der Waals surface area contributed by atoms with Gasteiger partial charge in [-0.3, -0.25) is 0 Å². The van der Waals surface area contributed by atoms with Gasteiger partial charge in [0.25, 0.3) is 5.22 Å². The number of hydrogen-bond acceptors (Lipinski definition) is 6. The van der Waals surface area contributed by atoms with Crippen LogP contribution in [0.25, 0.3) is 11.5 Å². The van der Waals surface area contributed by atoms with E-state index in [9.17, 15) is 13.2 Å². The fourth-order valence-corrected chi connectivity index (χ4v) is 3.39. The Hall–Kier alpha value is -2.68. The second kappa shape index (κ2) is 7.15. The van der Waals surface area contributed by atoms with Gasteiger partial charge in [-0.05, 0) is 41.5 Å². The van der Waals surface area contributed by atoms with Crippen molar-refractivity contribution < 1.29 is 27.1 Å². The molecule has 2 aromatic carbocycles. The monoisotopic (exact) mass is 394 g/mol. The van der Waals surface area contributed by atoms with Crippen molar-refractivity contribution in [2.75, 3.05) is 6.61 Å². The lowest BCUT2D eigenvalue weighted by atomic mass is 10.1. The van der Waals surface area contributed by atoms with Crippen molar-refractivity contribution >= 4 is 11.8 Å². The maximum absolute atomic E-state index is 12.3. The van der Waals surface area contributed by atoms with Crippen LogP contribution in [0.4, 0.5) is 13.2 Å². The molecule has 0 spiro atoms. The first-order valence-corrected chi connectivity index (χ1v) is 9.02. The van der Waals surface area contributed by atoms with Crippen molar-refractivity contribution in [3.63, 3.8) is 0 Å². The zero-order valence-corrected chi connectivity index (χ0v) is 14.6. The van der Waals surface area contributed by atoms with Crippen LogP contribution in [0.2, 0.25) is 0 Å². The molecule has 0 bridgehead atoms. The van der Waals surface area contributed by atoms with Crippen LogP contribution in [-0.2, 0) is 12.2 Å². The summed E-state index contributed by atoms with van der Waals surface area (Å²) in [6.45, 7) is 0.667. The molecule has 0 unspecified atom stereocenters. The number of hydrogen-bond donors (Lipinski definition) is 0. The molecule has 0 radical (unpaired) electrons. The SMILES string of the molecule is FC(F)(F)Oc1cccc(CSc2nnc(-c3ccc4c(c3)CCO4)o2)c1. The van der Waals surface area contributed by atoms with Crippen LogP contribution >= 0.6 is 11.8 Å². The average molecular weight is 394 g/mol. The van der Waals surface area contributed by atoms with Gasteiger partial charge in [-0.1, -0.05) is 23.9 Å². The van der Waals surface area contributed by atoms with Gasteiger partial charge in [0, 0.05) is 17.7 Å². The third kappa shape index (κ3) is 4.36. The first kappa shape index (κ1) is 17.7. The number of rotatable bonds is 5. The molecule has 1 aliphatic heterocycles. The molecule has 0 saturated carbocycles. The summed E-state index contributed by atoms with van der Waals surface area (Å²) in [5, 5.41) is 8.36. The highest BCUT2D eigenvalue weighted by Gasteiger charge is 2.31. The zero-order chi connectivity index (χ0) is 18.9. The van der Waals surface area contributed by atoms with Crippen molar-refractivity contribution in [2.24, 2.45) is 0 Å². The quantitative estimate of drug-likeness (QED) is 0.576. The van der Waals surface area contributed by atoms with Crippen LogP contribution in [0, 0.1) is 0 Å². The van der Waals surface area contributed by atoms with Gasteiger partial charge < -0.3 is 13.9 Å². The number of alkyl halides is 3. The topological polar surface area (TPSA) is 57.4 Å². The van der Waals surface area contributed by atoms with E-state index in [4.69, 9.17) is 9.15 Å². The molecule has 1 aliphatic rings. The predicted octanol–water partition coefficient (Wildman–Crippen LogP) is 4.86. The number of fused-ring (bicyclic) bond motifs is 1. The molecule has 4 rings (SSSR count). The molecule has 2 heterocycles. The lowest BCUT2D eigenvalue weighted by Gasteiger charge is -2.09. The fraction of sp³-hybridized carbons (Fsp3) is 0.222. The smallest absolute Gasteiger partial charge is 0.493 e. The highest BCUT2D eigenvalue weighted by atomic mass is 32.2. The number of benzene rings is 2. The third-order valence-corrected chi connectivity index (χ3v) is 4.73. The minimum atomic E-state index is -4.71. The molecule has 0 amide bonds. The largest absolute Gasteiger partial charge is 0.573 e. The van der Waals surface area contributed by atoms with Crippen molar-refractivity contribution in [1.82, 2.24) is 10.2 Å². The van der Waals surface area contributed by atoms with E-state index in [1.165, 1.54) is 30.0 Å². The highest BCUT2D eigenvalue weighted by Crippen LogP contribution is 2.32. The normalized spacial score (nSPS) is 13.3. The van der Waals surface area contributed by atoms with E-state index in [1.807, 2.05) is 18.2 Å². The van der Waals surface area contributed by atoms with Crippen LogP contribution in [0.1, 0.15) is 11.1 Å². The van der Waals surface area contributed by atoms with E-state index < -0.39 is 6.36 Å². The van der Waals surface area contributed by atoms with E-state index in [2.05, 4.69) is 14.9 Å². The Bertz CT molecular complexity index is 959. The van der Waals surface area contributed by atoms with Gasteiger partial charge >= 0.3 is 6.36 Å². The molecular formula is C18H13F3N2O3S. The first-order chi connectivity index (χ1) is 13.0. The molecule has 3 aromatic rings. The first-order valence-electron chi connectivity index (χ1n) is 8.03. The van der Waals surface area contributed by atoms with E-state index in [0.717, 1.165) is 23.3 Å². The van der Waals surface area contributed by atoms with Crippen molar-refractivity contribution in [3.05, 3.63) is 53.6 Å². The summed E-state index contributed by atoms with van der Waals surface area (Å²) in [6.07, 6.45) is -3.87. The van der Waals surface area contributed by atoms with Crippen LogP contribution < -0.4 is 9.47 Å². The van der Waals surface area contributed by atoms with Crippen molar-refractivity contribution in [3.8, 4) is 23.0 Å². The molecule has 0 fully saturated rings. The minimum absolute atomic E-state index is 0.257. The van der Waals surface area contributed by atoms with Gasteiger partial charge in [-0.15, -0.1) is 23.4 Å². The van der Waals surface area contributed by atoms with Crippen LogP contribution in [-0.4, -0.2) is 23.2 Å². The molecule has 0 aliphatic carbocycles. The summed E-state index contributed by atoms with van der Waals surface area (Å²) < 4.78 is 51.9. The number of nitrogens with zero attached hydrogens (tertiary/aromatic N) is 2. The number of thioether (sulfide) groups is 1. The van der Waals surface area contributed by atoms with Gasteiger partial charge in [0.1, 0.15) is 11.5 Å². The Morgan fingerprint density at radius 2 is 2.00 bits per heavy atom. The number of aromatic nitrogens is 2. The molecule has 0 N–H and O–H groups in total. The van der Waals surface area contributed by atoms with E-state index in [1.54, 1.807) is 6.07 Å². The van der Waals surface area contributed by atoms with Gasteiger partial charge in [-0.2, -0.15) is 0 Å². The summed E-state index contributed by atoms with van der Waals surface area (Å²) in [7, 11) is 0. The molecule has 5 nitrogen and oxygen atoms in total. The summed E-state index contributed by atoms with van der Waals surface area (Å²) in [6, 6.07) is 11.5. The van der Waals surface area contributed by atoms with E-state index in [0.29, 0.717) is 29.0 Å². The standard InChI is InChI=1S/C18H13F3N2O3S/c19-18(20,21)26-14-3-1-2-11(8-14)10-27-17-23-22-16(25-17)13-4-5-15-12(9-13)6-7-24-15/h1-5,8-9H,6-7,10H2. The number of halogens is 3. The second-order valence-electron chi connectivity index (χ2n) is 5.78. The summed E-state index contributed by atoms with van der Waals surface area (Å²) in [5.41, 5.74) is 2.55. The van der Waals surface area contributed by atoms with Crippen molar-refractivity contribution in [1.29, 1.82) is 0 Å². The maximum Gasteiger partial charge on any atom is 0.573 e. The lowest BCUT2D eigenvalue weighted by molar-refractivity contribution is -0.274. The van der Waals surface area contributed by atoms with Crippen molar-refractivity contribution in [2.45, 2.75) is 23.8 Å². The number of ether oxygens (including phenoxy) is 2. The molecule has 0 saturated heterocycles. The lowest BCUT2D eigenvalue weighted by Crippen LogP contribution is -2.17. The van der Waals surface area contributed by atoms with Gasteiger partial charge in [0.2, 0.25) is 5.89 Å². The Morgan fingerprint density at radius 3 is 2.85 bits per heavy atom. The molecule has 140 valence electrons. The predicted molar refractivity (Wildman–Crippen MR) is 91.6 cm³/mol. The van der Waals surface area contributed by atoms with Crippen LogP contribution in [0.3, 0.4) is 0 Å². The average Bonchev–Trinajstić information content (AvgIpc) is 3.27. The Morgan fingerprint density at radius 1 is 1.11 bits per heavy atom. The van der Waals surface area contributed by atoms with Gasteiger partial charge in [0.05, 0.1) is 6.61 Å². The summed E-state index contributed by atoms with van der Waals surface area (Å²) in [5.74, 6) is 1.37. The van der Waals surface area contributed by atoms with Crippen LogP contribution in [0.5, 0.6) is 11.5 Å². The van der Waals surface area contributed by atoms with Crippen LogP contribution in [0.15, 0.2) is 52.1 Å². The maximum atomic E-state index is 12.3. The fourth-order valence-electron chi connectivity index (χ4n) is 2.68. The van der Waals surface area contributed by atoms with E-state index in [-0.39, 0.29) is 5.75 Å². The van der Waals surface area contributed by atoms with E-state index >= 15 is 0 Å².